The second kappa shape index (κ2) is 19.8. The normalized spacial score (nSPS) is 16.4. The topological polar surface area (TPSA) is 209 Å². The van der Waals surface area contributed by atoms with E-state index in [1.165, 1.54) is 11.1 Å². The number of nitrogens with two attached hydrogens (primary N) is 1. The van der Waals surface area contributed by atoms with Crippen LogP contribution in [0.4, 0.5) is 22.0 Å². The van der Waals surface area contributed by atoms with E-state index in [-0.39, 0.29) is 42.4 Å². The van der Waals surface area contributed by atoms with Crippen LogP contribution in [0.3, 0.4) is 0 Å². The van der Waals surface area contributed by atoms with E-state index < -0.39 is 11.9 Å². The minimum absolute atomic E-state index is 0.0795. The fraction of sp³-hybridized carbons (Fsp3) is 0.340. The van der Waals surface area contributed by atoms with Crippen LogP contribution in [0.5, 0.6) is 11.5 Å². The largest absolute Gasteiger partial charge is 0.457 e. The Morgan fingerprint density at radius 3 is 2.34 bits per heavy atom. The van der Waals surface area contributed by atoms with E-state index in [0.29, 0.717) is 86.7 Å². The number of rotatable bonds is 16. The molecular weight excluding hydrogens is 815 g/mol. The van der Waals surface area contributed by atoms with Gasteiger partial charge in [0.2, 0.25) is 11.8 Å². The maximum absolute atomic E-state index is 13.4. The summed E-state index contributed by atoms with van der Waals surface area (Å²) in [6.07, 6.45) is 4.64. The number of carbonyl (C=O) groups is 5. The molecule has 3 aliphatic heterocycles. The summed E-state index contributed by atoms with van der Waals surface area (Å²) in [4.78, 5) is 72.0. The molecule has 2 saturated heterocycles. The fourth-order valence-electron chi connectivity index (χ4n) is 8.54. The Hall–Kier alpha value is -7.27. The lowest BCUT2D eigenvalue weighted by molar-refractivity contribution is -0.133. The van der Waals surface area contributed by atoms with Crippen molar-refractivity contribution in [3.05, 3.63) is 114 Å². The number of para-hydroxylation sites is 1. The molecule has 0 radical (unpaired) electrons. The number of hydrogen-bond acceptors (Lipinski definition) is 11. The van der Waals surface area contributed by atoms with Crippen LogP contribution in [0.1, 0.15) is 64.6 Å². The molecule has 3 aromatic carbocycles. The summed E-state index contributed by atoms with van der Waals surface area (Å²) >= 11 is 0. The molecule has 332 valence electrons. The maximum atomic E-state index is 13.4. The van der Waals surface area contributed by atoms with Crippen molar-refractivity contribution < 1.29 is 28.7 Å². The zero-order chi connectivity index (χ0) is 44.6. The van der Waals surface area contributed by atoms with Crippen LogP contribution in [0.15, 0.2) is 97.2 Å². The number of amides is 6. The molecule has 0 unspecified atom stereocenters. The lowest BCUT2D eigenvalue weighted by Gasteiger charge is -2.38. The van der Waals surface area contributed by atoms with Crippen LogP contribution in [0.25, 0.3) is 11.3 Å². The van der Waals surface area contributed by atoms with Gasteiger partial charge in [-0.1, -0.05) is 30.3 Å². The number of imide groups is 1. The Kier molecular flexibility index (Phi) is 13.4. The Morgan fingerprint density at radius 2 is 1.64 bits per heavy atom. The number of pyridine rings is 1. The predicted molar refractivity (Wildman–Crippen MR) is 242 cm³/mol. The highest BCUT2D eigenvalue weighted by Crippen LogP contribution is 2.40. The number of ether oxygens (including phenoxy) is 1. The van der Waals surface area contributed by atoms with Crippen LogP contribution in [-0.4, -0.2) is 107 Å². The third kappa shape index (κ3) is 10.3. The molecule has 2 fully saturated rings. The van der Waals surface area contributed by atoms with Crippen molar-refractivity contribution in [1.29, 1.82) is 0 Å². The molecule has 6 amide bonds. The smallest absolute Gasteiger partial charge is 0.328 e. The highest BCUT2D eigenvalue weighted by Gasteiger charge is 2.36. The Labute approximate surface area is 371 Å². The summed E-state index contributed by atoms with van der Waals surface area (Å²) in [5.74, 6) is 1.34. The summed E-state index contributed by atoms with van der Waals surface area (Å²) in [5.41, 5.74) is 10.4. The van der Waals surface area contributed by atoms with Gasteiger partial charge in [0.15, 0.2) is 0 Å². The standard InChI is InChI=1S/C47H53N11O6/c1-55(30-31-7-11-34(12-8-31)49-23-24-51-46(62)38-16-13-35(29-52-38)57-28-20-40(59)53-47(57)63)25-21-41(60)56-26-18-32(19-27-56)39-17-22-50-45-42(44(48)61)43(54-58(39)45)33-9-14-37(15-10-33)64-36-5-3-2-4-6-36/h2-16,29,32,39,49-50H,17-28,30H2,1H3,(H2,48,61)(H,51,62)(H,53,59,63)/t39-/m0/s1. The molecule has 6 N–H and O–H groups in total. The third-order valence-corrected chi connectivity index (χ3v) is 11.9. The minimum Gasteiger partial charge on any atom is -0.457 e. The molecular formula is C47H53N11O6. The maximum Gasteiger partial charge on any atom is 0.328 e. The van der Waals surface area contributed by atoms with Gasteiger partial charge in [0.1, 0.15) is 34.3 Å². The van der Waals surface area contributed by atoms with Gasteiger partial charge in [-0.15, -0.1) is 0 Å². The monoisotopic (exact) mass is 867 g/mol. The Balaban J connectivity index is 0.755. The van der Waals surface area contributed by atoms with Crippen molar-refractivity contribution >= 4 is 46.9 Å². The van der Waals surface area contributed by atoms with E-state index in [1.807, 2.05) is 95.5 Å². The number of benzene rings is 3. The third-order valence-electron chi connectivity index (χ3n) is 11.9. The highest BCUT2D eigenvalue weighted by atomic mass is 16.5. The van der Waals surface area contributed by atoms with Gasteiger partial charge in [-0.3, -0.25) is 29.4 Å². The van der Waals surface area contributed by atoms with Gasteiger partial charge in [0.05, 0.1) is 17.9 Å². The molecule has 1 atom stereocenters. The van der Waals surface area contributed by atoms with E-state index in [4.69, 9.17) is 15.6 Å². The molecule has 0 bridgehead atoms. The molecule has 0 aliphatic carbocycles. The van der Waals surface area contributed by atoms with E-state index in [0.717, 1.165) is 41.8 Å². The summed E-state index contributed by atoms with van der Waals surface area (Å²) in [5, 5.41) is 16.8. The quantitative estimate of drug-likeness (QED) is 0.0810. The van der Waals surface area contributed by atoms with Gasteiger partial charge in [-0.25, -0.2) is 14.5 Å². The molecule has 17 heteroatoms. The van der Waals surface area contributed by atoms with Crippen LogP contribution in [-0.2, 0) is 16.1 Å². The number of nitrogens with one attached hydrogen (secondary N) is 4. The number of aromatic nitrogens is 3. The van der Waals surface area contributed by atoms with Crippen LogP contribution in [0.2, 0.25) is 0 Å². The number of hydrogen-bond donors (Lipinski definition) is 5. The molecule has 0 spiro atoms. The Bertz CT molecular complexity index is 2450. The molecule has 0 saturated carbocycles. The number of anilines is 3. The number of fused-ring (bicyclic) bond motifs is 1. The molecule has 5 aromatic rings. The zero-order valence-electron chi connectivity index (χ0n) is 35.8. The second-order valence-corrected chi connectivity index (χ2v) is 16.3. The number of urea groups is 1. The number of piperidine rings is 1. The number of primary amides is 1. The number of likely N-dealkylation sites (tertiary alicyclic amines) is 1. The molecule has 8 rings (SSSR count). The molecule has 2 aromatic heterocycles. The first kappa shape index (κ1) is 43.4. The lowest BCUT2D eigenvalue weighted by atomic mass is 9.86. The van der Waals surface area contributed by atoms with Crippen LogP contribution < -0.4 is 36.6 Å². The zero-order valence-corrected chi connectivity index (χ0v) is 35.8. The van der Waals surface area contributed by atoms with Crippen molar-refractivity contribution in [2.75, 3.05) is 68.4 Å². The average Bonchev–Trinajstić information content (AvgIpc) is 3.71. The van der Waals surface area contributed by atoms with Crippen LogP contribution >= 0.6 is 0 Å². The van der Waals surface area contributed by atoms with Crippen LogP contribution in [0, 0.1) is 5.92 Å². The van der Waals surface area contributed by atoms with Gasteiger partial charge in [-0.05, 0) is 98.5 Å². The van der Waals surface area contributed by atoms with E-state index in [1.54, 1.807) is 12.1 Å². The van der Waals surface area contributed by atoms with Gasteiger partial charge in [-0.2, -0.15) is 5.10 Å². The predicted octanol–water partition coefficient (Wildman–Crippen LogP) is 5.24. The first-order valence-corrected chi connectivity index (χ1v) is 21.7. The second-order valence-electron chi connectivity index (χ2n) is 16.3. The summed E-state index contributed by atoms with van der Waals surface area (Å²) in [6.45, 7) is 4.53. The SMILES string of the molecule is CN(CCC(=O)N1CCC([C@@H]2CCNc3c(C(N)=O)c(-c4ccc(Oc5ccccc5)cc4)nn32)CC1)Cc1ccc(NCCNC(=O)c2ccc(N3CCC(=O)NC3=O)cn2)cc1. The highest BCUT2D eigenvalue weighted by molar-refractivity contribution is 6.06. The molecule has 3 aliphatic rings. The summed E-state index contributed by atoms with van der Waals surface area (Å²) in [6, 6.07) is 27.9. The summed E-state index contributed by atoms with van der Waals surface area (Å²) in [7, 11) is 2.02. The van der Waals surface area contributed by atoms with E-state index in [9.17, 15) is 24.0 Å². The van der Waals surface area contributed by atoms with E-state index >= 15 is 0 Å². The van der Waals surface area contributed by atoms with Gasteiger partial charge >= 0.3 is 6.03 Å². The fourth-order valence-corrected chi connectivity index (χ4v) is 8.54. The molecule has 17 nitrogen and oxygen atoms in total. The summed E-state index contributed by atoms with van der Waals surface area (Å²) < 4.78 is 7.92. The first-order chi connectivity index (χ1) is 31.1. The number of nitrogens with zero attached hydrogens (tertiary/aromatic N) is 6. The van der Waals surface area contributed by atoms with Crippen molar-refractivity contribution in [3.8, 4) is 22.8 Å². The molecule has 64 heavy (non-hydrogen) atoms. The minimum atomic E-state index is -0.530. The lowest BCUT2D eigenvalue weighted by Crippen LogP contribution is -2.49. The van der Waals surface area contributed by atoms with Gasteiger partial charge in [0, 0.05) is 76.5 Å². The Morgan fingerprint density at radius 1 is 0.891 bits per heavy atom. The molecule has 5 heterocycles. The average molecular weight is 868 g/mol. The van der Waals surface area contributed by atoms with Crippen molar-refractivity contribution in [3.63, 3.8) is 0 Å². The number of carbonyl (C=O) groups excluding carboxylic acids is 5. The van der Waals surface area contributed by atoms with Crippen molar-refractivity contribution in [2.45, 2.75) is 44.7 Å². The van der Waals surface area contributed by atoms with Gasteiger partial charge in [0.25, 0.3) is 11.8 Å². The van der Waals surface area contributed by atoms with Gasteiger partial charge < -0.3 is 36.2 Å². The van der Waals surface area contributed by atoms with Crippen molar-refractivity contribution in [2.24, 2.45) is 11.7 Å². The van der Waals surface area contributed by atoms with E-state index in [2.05, 4.69) is 31.2 Å². The van der Waals surface area contributed by atoms with Crippen molar-refractivity contribution in [1.82, 2.24) is 35.2 Å². The first-order valence-electron chi connectivity index (χ1n) is 21.7.